The second kappa shape index (κ2) is 6.20. The molecule has 19 heavy (non-hydrogen) atoms. The molecule has 100 valence electrons. The predicted octanol–water partition coefficient (Wildman–Crippen LogP) is 5.46. The largest absolute Gasteiger partial charge is 0.378 e. The summed E-state index contributed by atoms with van der Waals surface area (Å²) in [6.45, 7) is 3.91. The molecule has 2 aromatic rings. The van der Waals surface area contributed by atoms with Crippen molar-refractivity contribution in [1.29, 1.82) is 0 Å². The summed E-state index contributed by atoms with van der Waals surface area (Å²) in [5.74, 6) is -0.165. The molecule has 1 unspecified atom stereocenters. The molecular weight excluding hydrogens is 305 g/mol. The van der Waals surface area contributed by atoms with Crippen molar-refractivity contribution in [1.82, 2.24) is 0 Å². The molecule has 0 heterocycles. The van der Waals surface area contributed by atoms with Gasteiger partial charge in [0.1, 0.15) is 5.82 Å². The van der Waals surface area contributed by atoms with Crippen LogP contribution in [0.3, 0.4) is 0 Å². The first-order valence-corrected chi connectivity index (χ1v) is 7.17. The molecule has 0 aliphatic rings. The van der Waals surface area contributed by atoms with Crippen molar-refractivity contribution >= 4 is 21.6 Å². The van der Waals surface area contributed by atoms with Crippen molar-refractivity contribution in [2.45, 2.75) is 26.3 Å². The Balaban J connectivity index is 2.18. The van der Waals surface area contributed by atoms with E-state index in [1.807, 2.05) is 18.2 Å². The van der Waals surface area contributed by atoms with E-state index in [4.69, 9.17) is 0 Å². The van der Waals surface area contributed by atoms with Crippen molar-refractivity contribution in [3.63, 3.8) is 0 Å². The topological polar surface area (TPSA) is 12.0 Å². The Bertz CT molecular complexity index is 551. The molecule has 0 amide bonds. The van der Waals surface area contributed by atoms with E-state index in [0.717, 1.165) is 16.6 Å². The Morgan fingerprint density at radius 1 is 1.16 bits per heavy atom. The quantitative estimate of drug-likeness (QED) is 0.788. The fraction of sp³-hybridized carbons (Fsp3) is 0.250. The van der Waals surface area contributed by atoms with Gasteiger partial charge in [-0.05, 0) is 54.8 Å². The Hall–Kier alpha value is -1.35. The van der Waals surface area contributed by atoms with Gasteiger partial charge in [0.05, 0.1) is 6.04 Å². The zero-order valence-electron chi connectivity index (χ0n) is 11.1. The smallest absolute Gasteiger partial charge is 0.126 e. The van der Waals surface area contributed by atoms with Crippen LogP contribution in [-0.2, 0) is 0 Å². The third-order valence-corrected chi connectivity index (χ3v) is 3.71. The van der Waals surface area contributed by atoms with Gasteiger partial charge >= 0.3 is 0 Å². The van der Waals surface area contributed by atoms with Crippen LogP contribution in [0.1, 0.15) is 30.5 Å². The standard InChI is InChI=1S/C16H17BrFN/c1-3-16(12-4-6-13(17)7-5-12)19-14-8-9-15(18)11(2)10-14/h4-10,16,19H,3H2,1-2H3. The maximum atomic E-state index is 13.3. The van der Waals surface area contributed by atoms with Crippen LogP contribution in [0.5, 0.6) is 0 Å². The van der Waals surface area contributed by atoms with Crippen LogP contribution in [0.25, 0.3) is 0 Å². The van der Waals surface area contributed by atoms with Crippen molar-refractivity contribution in [2.24, 2.45) is 0 Å². The molecular formula is C16H17BrFN. The van der Waals surface area contributed by atoms with Gasteiger partial charge in [-0.15, -0.1) is 0 Å². The number of hydrogen-bond acceptors (Lipinski definition) is 1. The summed E-state index contributed by atoms with van der Waals surface area (Å²) in [5, 5.41) is 3.45. The summed E-state index contributed by atoms with van der Waals surface area (Å²) in [7, 11) is 0. The van der Waals surface area contributed by atoms with Crippen LogP contribution in [0.2, 0.25) is 0 Å². The van der Waals surface area contributed by atoms with E-state index in [-0.39, 0.29) is 11.9 Å². The minimum absolute atomic E-state index is 0.165. The van der Waals surface area contributed by atoms with Crippen molar-refractivity contribution in [3.05, 3.63) is 63.9 Å². The lowest BCUT2D eigenvalue weighted by atomic mass is 10.0. The SMILES string of the molecule is CCC(Nc1ccc(F)c(C)c1)c1ccc(Br)cc1. The van der Waals surface area contributed by atoms with Gasteiger partial charge in [-0.1, -0.05) is 35.0 Å². The minimum Gasteiger partial charge on any atom is -0.378 e. The lowest BCUT2D eigenvalue weighted by Gasteiger charge is -2.19. The Labute approximate surface area is 122 Å². The van der Waals surface area contributed by atoms with Crippen LogP contribution >= 0.6 is 15.9 Å². The summed E-state index contributed by atoms with van der Waals surface area (Å²) >= 11 is 3.44. The summed E-state index contributed by atoms with van der Waals surface area (Å²) in [5.41, 5.74) is 2.84. The molecule has 0 spiro atoms. The lowest BCUT2D eigenvalue weighted by Crippen LogP contribution is -2.09. The molecule has 1 N–H and O–H groups in total. The van der Waals surface area contributed by atoms with Crippen molar-refractivity contribution in [2.75, 3.05) is 5.32 Å². The lowest BCUT2D eigenvalue weighted by molar-refractivity contribution is 0.618. The molecule has 0 saturated heterocycles. The predicted molar refractivity (Wildman–Crippen MR) is 81.9 cm³/mol. The molecule has 1 nitrogen and oxygen atoms in total. The molecule has 3 heteroatoms. The molecule has 0 fully saturated rings. The number of rotatable bonds is 4. The summed E-state index contributed by atoms with van der Waals surface area (Å²) in [4.78, 5) is 0. The van der Waals surface area contributed by atoms with Gasteiger partial charge < -0.3 is 5.32 Å². The van der Waals surface area contributed by atoms with Gasteiger partial charge in [-0.2, -0.15) is 0 Å². The molecule has 2 aromatic carbocycles. The van der Waals surface area contributed by atoms with E-state index in [0.29, 0.717) is 5.56 Å². The first-order valence-electron chi connectivity index (χ1n) is 6.38. The molecule has 2 rings (SSSR count). The molecule has 1 atom stereocenters. The molecule has 0 aromatic heterocycles. The van der Waals surface area contributed by atoms with Gasteiger partial charge in [-0.3, -0.25) is 0 Å². The zero-order valence-corrected chi connectivity index (χ0v) is 12.7. The second-order valence-corrected chi connectivity index (χ2v) is 5.54. The maximum absolute atomic E-state index is 13.3. The first kappa shape index (κ1) is 14.1. The van der Waals surface area contributed by atoms with E-state index in [1.165, 1.54) is 11.6 Å². The highest BCUT2D eigenvalue weighted by Gasteiger charge is 2.09. The number of benzene rings is 2. The number of anilines is 1. The molecule has 0 radical (unpaired) electrons. The average Bonchev–Trinajstić information content (AvgIpc) is 2.41. The van der Waals surface area contributed by atoms with Crippen molar-refractivity contribution < 1.29 is 4.39 Å². The van der Waals surface area contributed by atoms with E-state index < -0.39 is 0 Å². The van der Waals surface area contributed by atoms with Gasteiger partial charge in [-0.25, -0.2) is 4.39 Å². The molecule has 0 aliphatic heterocycles. The Kier molecular flexibility index (Phi) is 4.59. The minimum atomic E-state index is -0.165. The highest BCUT2D eigenvalue weighted by molar-refractivity contribution is 9.10. The Morgan fingerprint density at radius 3 is 2.42 bits per heavy atom. The number of aryl methyl sites for hydroxylation is 1. The van der Waals surface area contributed by atoms with Gasteiger partial charge in [0, 0.05) is 10.2 Å². The highest BCUT2D eigenvalue weighted by atomic mass is 79.9. The van der Waals surface area contributed by atoms with E-state index in [2.05, 4.69) is 40.3 Å². The van der Waals surface area contributed by atoms with Crippen LogP contribution in [0.15, 0.2) is 46.9 Å². The van der Waals surface area contributed by atoms with E-state index in [9.17, 15) is 4.39 Å². The van der Waals surface area contributed by atoms with E-state index in [1.54, 1.807) is 13.0 Å². The van der Waals surface area contributed by atoms with Crippen LogP contribution in [-0.4, -0.2) is 0 Å². The fourth-order valence-electron chi connectivity index (χ4n) is 2.05. The summed E-state index contributed by atoms with van der Waals surface area (Å²) in [6.07, 6.45) is 0.970. The van der Waals surface area contributed by atoms with Gasteiger partial charge in [0.25, 0.3) is 0 Å². The molecule has 0 saturated carbocycles. The number of hydrogen-bond donors (Lipinski definition) is 1. The van der Waals surface area contributed by atoms with Crippen molar-refractivity contribution in [3.8, 4) is 0 Å². The van der Waals surface area contributed by atoms with Gasteiger partial charge in [0.2, 0.25) is 0 Å². The number of nitrogens with one attached hydrogen (secondary N) is 1. The Morgan fingerprint density at radius 2 is 1.84 bits per heavy atom. The monoisotopic (exact) mass is 321 g/mol. The fourth-order valence-corrected chi connectivity index (χ4v) is 2.32. The molecule has 0 bridgehead atoms. The van der Waals surface area contributed by atoms with Crippen LogP contribution in [0.4, 0.5) is 10.1 Å². The maximum Gasteiger partial charge on any atom is 0.126 e. The van der Waals surface area contributed by atoms with Crippen LogP contribution in [0, 0.1) is 12.7 Å². The average molecular weight is 322 g/mol. The van der Waals surface area contributed by atoms with E-state index >= 15 is 0 Å². The van der Waals surface area contributed by atoms with Crippen LogP contribution < -0.4 is 5.32 Å². The third-order valence-electron chi connectivity index (χ3n) is 3.18. The normalized spacial score (nSPS) is 12.2. The third kappa shape index (κ3) is 3.57. The summed E-state index contributed by atoms with van der Waals surface area (Å²) in [6, 6.07) is 13.6. The highest BCUT2D eigenvalue weighted by Crippen LogP contribution is 2.25. The summed E-state index contributed by atoms with van der Waals surface area (Å²) < 4.78 is 14.3. The number of halogens is 2. The zero-order chi connectivity index (χ0) is 13.8. The second-order valence-electron chi connectivity index (χ2n) is 4.62. The molecule has 0 aliphatic carbocycles. The first-order chi connectivity index (χ1) is 9.10. The van der Waals surface area contributed by atoms with Gasteiger partial charge in [0.15, 0.2) is 0 Å².